The summed E-state index contributed by atoms with van der Waals surface area (Å²) >= 11 is 0. The highest BCUT2D eigenvalue weighted by Gasteiger charge is 2.25. The molecule has 0 saturated carbocycles. The fraction of sp³-hybridized carbons (Fsp3) is 0.500. The molecule has 0 bridgehead atoms. The molecule has 1 aliphatic heterocycles. The Balaban J connectivity index is 2.15. The fourth-order valence-electron chi connectivity index (χ4n) is 2.35. The van der Waals surface area contributed by atoms with Crippen LogP contribution in [0, 0.1) is 5.82 Å². The molecule has 1 aliphatic rings. The quantitative estimate of drug-likeness (QED) is 0.822. The minimum absolute atomic E-state index is 0.146. The van der Waals surface area contributed by atoms with Gasteiger partial charge in [-0.2, -0.15) is 0 Å². The monoisotopic (exact) mass is 208 g/mol. The lowest BCUT2D eigenvalue weighted by Crippen LogP contribution is -2.29. The molecule has 0 aliphatic carbocycles. The summed E-state index contributed by atoms with van der Waals surface area (Å²) in [5, 5.41) is 0. The minimum atomic E-state index is -0.146. The van der Waals surface area contributed by atoms with Crippen molar-refractivity contribution in [2.24, 2.45) is 5.73 Å². The van der Waals surface area contributed by atoms with Crippen molar-refractivity contribution in [2.75, 3.05) is 19.6 Å². The number of hydrogen-bond donors (Lipinski definition) is 1. The fourth-order valence-corrected chi connectivity index (χ4v) is 2.35. The van der Waals surface area contributed by atoms with Crippen molar-refractivity contribution in [1.82, 2.24) is 4.90 Å². The van der Waals surface area contributed by atoms with Gasteiger partial charge in [-0.3, -0.25) is 4.90 Å². The van der Waals surface area contributed by atoms with E-state index in [-0.39, 0.29) is 5.82 Å². The highest BCUT2D eigenvalue weighted by Crippen LogP contribution is 2.31. The summed E-state index contributed by atoms with van der Waals surface area (Å²) in [5.74, 6) is -0.146. The summed E-state index contributed by atoms with van der Waals surface area (Å²) in [5.41, 5.74) is 6.65. The molecule has 0 amide bonds. The lowest BCUT2D eigenvalue weighted by molar-refractivity contribution is 0.264. The number of hydrogen-bond acceptors (Lipinski definition) is 2. The smallest absolute Gasteiger partial charge is 0.123 e. The van der Waals surface area contributed by atoms with E-state index in [0.717, 1.165) is 25.1 Å². The number of nitrogens with zero attached hydrogens (tertiary/aromatic N) is 1. The van der Waals surface area contributed by atoms with Crippen LogP contribution in [-0.2, 0) is 0 Å². The van der Waals surface area contributed by atoms with Crippen LogP contribution in [0.25, 0.3) is 0 Å². The van der Waals surface area contributed by atoms with Gasteiger partial charge in [-0.05, 0) is 37.1 Å². The molecule has 3 heteroatoms. The van der Waals surface area contributed by atoms with Crippen molar-refractivity contribution in [2.45, 2.75) is 18.9 Å². The first-order chi connectivity index (χ1) is 7.31. The first-order valence-electron chi connectivity index (χ1n) is 5.51. The van der Waals surface area contributed by atoms with Crippen molar-refractivity contribution in [3.63, 3.8) is 0 Å². The van der Waals surface area contributed by atoms with E-state index in [1.807, 2.05) is 6.07 Å². The van der Waals surface area contributed by atoms with E-state index in [9.17, 15) is 4.39 Å². The third-order valence-electron chi connectivity index (χ3n) is 3.01. The third-order valence-corrected chi connectivity index (χ3v) is 3.01. The van der Waals surface area contributed by atoms with Crippen LogP contribution in [0.1, 0.15) is 24.4 Å². The van der Waals surface area contributed by atoms with Gasteiger partial charge in [0.1, 0.15) is 5.82 Å². The average molecular weight is 208 g/mol. The van der Waals surface area contributed by atoms with Crippen LogP contribution in [0.2, 0.25) is 0 Å². The Hall–Kier alpha value is -0.930. The van der Waals surface area contributed by atoms with Gasteiger partial charge >= 0.3 is 0 Å². The molecule has 2 rings (SSSR count). The largest absolute Gasteiger partial charge is 0.329 e. The molecule has 1 aromatic rings. The van der Waals surface area contributed by atoms with Crippen LogP contribution in [0.4, 0.5) is 4.39 Å². The molecule has 2 N–H and O–H groups in total. The molecule has 1 unspecified atom stereocenters. The van der Waals surface area contributed by atoms with Crippen LogP contribution >= 0.6 is 0 Å². The maximum atomic E-state index is 13.1. The van der Waals surface area contributed by atoms with E-state index in [0.29, 0.717) is 12.6 Å². The third kappa shape index (κ3) is 2.36. The van der Waals surface area contributed by atoms with E-state index in [4.69, 9.17) is 5.73 Å². The first-order valence-corrected chi connectivity index (χ1v) is 5.51. The summed E-state index contributed by atoms with van der Waals surface area (Å²) in [6.45, 7) is 2.66. The minimum Gasteiger partial charge on any atom is -0.329 e. The van der Waals surface area contributed by atoms with E-state index < -0.39 is 0 Å². The maximum Gasteiger partial charge on any atom is 0.123 e. The lowest BCUT2D eigenvalue weighted by Gasteiger charge is -2.24. The van der Waals surface area contributed by atoms with Gasteiger partial charge in [0.25, 0.3) is 0 Å². The van der Waals surface area contributed by atoms with Gasteiger partial charge in [0.05, 0.1) is 0 Å². The standard InChI is InChI=1S/C12H17FN2/c13-11-4-1-3-10(9-11)12-5-2-7-15(12)8-6-14/h1,3-4,9,12H,2,5-8,14H2. The molecule has 1 fully saturated rings. The molecular formula is C12H17FN2. The molecule has 82 valence electrons. The van der Waals surface area contributed by atoms with Gasteiger partial charge in [-0.25, -0.2) is 4.39 Å². The molecule has 1 heterocycles. The Morgan fingerprint density at radius 2 is 2.33 bits per heavy atom. The number of nitrogens with two attached hydrogens (primary N) is 1. The lowest BCUT2D eigenvalue weighted by atomic mass is 10.0. The molecule has 15 heavy (non-hydrogen) atoms. The highest BCUT2D eigenvalue weighted by atomic mass is 19.1. The number of rotatable bonds is 3. The summed E-state index contributed by atoms with van der Waals surface area (Å²) < 4.78 is 13.1. The SMILES string of the molecule is NCCN1CCCC1c1cccc(F)c1. The Bertz CT molecular complexity index is 327. The van der Waals surface area contributed by atoms with Gasteiger partial charge < -0.3 is 5.73 Å². The summed E-state index contributed by atoms with van der Waals surface area (Å²) in [4.78, 5) is 2.34. The van der Waals surface area contributed by atoms with Crippen molar-refractivity contribution < 1.29 is 4.39 Å². The second-order valence-electron chi connectivity index (χ2n) is 4.04. The molecule has 0 aromatic heterocycles. The summed E-state index contributed by atoms with van der Waals surface area (Å²) in [7, 11) is 0. The van der Waals surface area contributed by atoms with Crippen molar-refractivity contribution >= 4 is 0 Å². The molecule has 2 nitrogen and oxygen atoms in total. The Kier molecular flexibility index (Phi) is 3.34. The van der Waals surface area contributed by atoms with E-state index in [1.54, 1.807) is 12.1 Å². The predicted octanol–water partition coefficient (Wildman–Crippen LogP) is 1.92. The van der Waals surface area contributed by atoms with Crippen molar-refractivity contribution in [1.29, 1.82) is 0 Å². The first kappa shape index (κ1) is 10.6. The number of likely N-dealkylation sites (tertiary alicyclic amines) is 1. The van der Waals surface area contributed by atoms with Crippen LogP contribution in [0.5, 0.6) is 0 Å². The zero-order valence-corrected chi connectivity index (χ0v) is 8.82. The van der Waals surface area contributed by atoms with Gasteiger partial charge in [0.15, 0.2) is 0 Å². The number of halogens is 1. The molecule has 1 atom stereocenters. The second-order valence-corrected chi connectivity index (χ2v) is 4.04. The zero-order chi connectivity index (χ0) is 10.7. The van der Waals surface area contributed by atoms with Crippen LogP contribution in [0.3, 0.4) is 0 Å². The Labute approximate surface area is 89.9 Å². The number of benzene rings is 1. The van der Waals surface area contributed by atoms with Gasteiger partial charge in [0, 0.05) is 19.1 Å². The van der Waals surface area contributed by atoms with E-state index >= 15 is 0 Å². The normalized spacial score (nSPS) is 22.1. The molecule has 0 radical (unpaired) electrons. The second kappa shape index (κ2) is 4.73. The van der Waals surface area contributed by atoms with Crippen LogP contribution < -0.4 is 5.73 Å². The molecular weight excluding hydrogens is 191 g/mol. The Morgan fingerprint density at radius 3 is 3.07 bits per heavy atom. The molecule has 1 aromatic carbocycles. The topological polar surface area (TPSA) is 29.3 Å². The van der Waals surface area contributed by atoms with E-state index in [1.165, 1.54) is 12.5 Å². The van der Waals surface area contributed by atoms with Gasteiger partial charge in [-0.15, -0.1) is 0 Å². The van der Waals surface area contributed by atoms with Crippen molar-refractivity contribution in [3.05, 3.63) is 35.6 Å². The van der Waals surface area contributed by atoms with E-state index in [2.05, 4.69) is 4.90 Å². The zero-order valence-electron chi connectivity index (χ0n) is 8.82. The Morgan fingerprint density at radius 1 is 1.47 bits per heavy atom. The summed E-state index contributed by atoms with van der Waals surface area (Å²) in [6.07, 6.45) is 2.30. The van der Waals surface area contributed by atoms with Gasteiger partial charge in [-0.1, -0.05) is 12.1 Å². The van der Waals surface area contributed by atoms with Crippen molar-refractivity contribution in [3.8, 4) is 0 Å². The predicted molar refractivity (Wildman–Crippen MR) is 59.0 cm³/mol. The highest BCUT2D eigenvalue weighted by molar-refractivity contribution is 5.21. The molecule has 0 spiro atoms. The summed E-state index contributed by atoms with van der Waals surface area (Å²) in [6, 6.07) is 7.28. The maximum absolute atomic E-state index is 13.1. The van der Waals surface area contributed by atoms with Gasteiger partial charge in [0.2, 0.25) is 0 Å². The van der Waals surface area contributed by atoms with Crippen LogP contribution in [0.15, 0.2) is 24.3 Å². The van der Waals surface area contributed by atoms with Crippen LogP contribution in [-0.4, -0.2) is 24.5 Å². The average Bonchev–Trinajstić information content (AvgIpc) is 2.66. The molecule has 1 saturated heterocycles.